The predicted molar refractivity (Wildman–Crippen MR) is 59.2 cm³/mol. The van der Waals surface area contributed by atoms with Crippen molar-refractivity contribution >= 4 is 11.7 Å². The molecule has 0 saturated heterocycles. The Morgan fingerprint density at radius 2 is 2.31 bits per heavy atom. The first-order valence-corrected chi connectivity index (χ1v) is 5.42. The first-order valence-electron chi connectivity index (χ1n) is 5.42. The number of rotatable bonds is 4. The SMILES string of the molecule is O=C(O)CCCN1CCc2cc(F)ccc21. The van der Waals surface area contributed by atoms with E-state index in [1.165, 1.54) is 6.07 Å². The van der Waals surface area contributed by atoms with Crippen molar-refractivity contribution in [3.05, 3.63) is 29.6 Å². The van der Waals surface area contributed by atoms with Gasteiger partial charge in [0.15, 0.2) is 0 Å². The van der Waals surface area contributed by atoms with E-state index < -0.39 is 5.97 Å². The van der Waals surface area contributed by atoms with Crippen LogP contribution in [0.3, 0.4) is 0 Å². The van der Waals surface area contributed by atoms with Crippen LogP contribution in [-0.4, -0.2) is 24.2 Å². The van der Waals surface area contributed by atoms with Crippen LogP contribution in [0.25, 0.3) is 0 Å². The van der Waals surface area contributed by atoms with Crippen molar-refractivity contribution < 1.29 is 14.3 Å². The van der Waals surface area contributed by atoms with Crippen LogP contribution in [0.2, 0.25) is 0 Å². The van der Waals surface area contributed by atoms with Crippen molar-refractivity contribution in [1.29, 1.82) is 0 Å². The number of carboxylic acids is 1. The highest BCUT2D eigenvalue weighted by molar-refractivity contribution is 5.66. The molecule has 0 radical (unpaired) electrons. The summed E-state index contributed by atoms with van der Waals surface area (Å²) in [7, 11) is 0. The molecule has 86 valence electrons. The van der Waals surface area contributed by atoms with Gasteiger partial charge in [-0.2, -0.15) is 0 Å². The highest BCUT2D eigenvalue weighted by Crippen LogP contribution is 2.28. The summed E-state index contributed by atoms with van der Waals surface area (Å²) in [5.41, 5.74) is 2.07. The molecule has 0 spiro atoms. The van der Waals surface area contributed by atoms with E-state index in [0.29, 0.717) is 6.42 Å². The summed E-state index contributed by atoms with van der Waals surface area (Å²) in [4.78, 5) is 12.5. The van der Waals surface area contributed by atoms with Gasteiger partial charge >= 0.3 is 5.97 Å². The van der Waals surface area contributed by atoms with Gasteiger partial charge in [0, 0.05) is 25.2 Å². The van der Waals surface area contributed by atoms with Gasteiger partial charge in [0.25, 0.3) is 0 Å². The van der Waals surface area contributed by atoms with Crippen molar-refractivity contribution in [2.24, 2.45) is 0 Å². The first-order chi connectivity index (χ1) is 7.66. The molecule has 3 nitrogen and oxygen atoms in total. The molecule has 16 heavy (non-hydrogen) atoms. The fourth-order valence-electron chi connectivity index (χ4n) is 2.09. The number of hydrogen-bond acceptors (Lipinski definition) is 2. The number of fused-ring (bicyclic) bond motifs is 1. The first kappa shape index (κ1) is 10.9. The minimum absolute atomic E-state index is 0.188. The second-order valence-electron chi connectivity index (χ2n) is 4.01. The Bertz CT molecular complexity index is 406. The minimum atomic E-state index is -0.765. The highest BCUT2D eigenvalue weighted by Gasteiger charge is 2.18. The number of halogens is 1. The highest BCUT2D eigenvalue weighted by atomic mass is 19.1. The molecular weight excluding hydrogens is 209 g/mol. The topological polar surface area (TPSA) is 40.5 Å². The number of nitrogens with zero attached hydrogens (tertiary/aromatic N) is 1. The molecule has 0 bridgehead atoms. The molecule has 1 aliphatic heterocycles. The van der Waals surface area contributed by atoms with Crippen molar-refractivity contribution in [2.75, 3.05) is 18.0 Å². The molecule has 1 aromatic carbocycles. The lowest BCUT2D eigenvalue weighted by atomic mass is 10.1. The molecule has 0 unspecified atom stereocenters. The Kier molecular flexibility index (Phi) is 3.08. The van der Waals surface area contributed by atoms with Gasteiger partial charge in [-0.15, -0.1) is 0 Å². The lowest BCUT2D eigenvalue weighted by molar-refractivity contribution is -0.137. The van der Waals surface area contributed by atoms with Crippen LogP contribution >= 0.6 is 0 Å². The Morgan fingerprint density at radius 1 is 1.50 bits per heavy atom. The van der Waals surface area contributed by atoms with E-state index in [1.54, 1.807) is 12.1 Å². The van der Waals surface area contributed by atoms with Crippen molar-refractivity contribution in [3.8, 4) is 0 Å². The molecule has 1 aromatic rings. The van der Waals surface area contributed by atoms with Gasteiger partial charge in [-0.25, -0.2) is 4.39 Å². The lowest BCUT2D eigenvalue weighted by Crippen LogP contribution is -2.22. The van der Waals surface area contributed by atoms with E-state index in [4.69, 9.17) is 5.11 Å². The van der Waals surface area contributed by atoms with Crippen molar-refractivity contribution in [3.63, 3.8) is 0 Å². The Labute approximate surface area is 93.5 Å². The second-order valence-corrected chi connectivity index (χ2v) is 4.01. The average molecular weight is 223 g/mol. The number of anilines is 1. The summed E-state index contributed by atoms with van der Waals surface area (Å²) in [6, 6.07) is 4.79. The van der Waals surface area contributed by atoms with Crippen LogP contribution in [0.4, 0.5) is 10.1 Å². The van der Waals surface area contributed by atoms with E-state index in [1.807, 2.05) is 0 Å². The average Bonchev–Trinajstić information content (AvgIpc) is 2.60. The van der Waals surface area contributed by atoms with Gasteiger partial charge in [0.05, 0.1) is 0 Å². The lowest BCUT2D eigenvalue weighted by Gasteiger charge is -2.18. The molecular formula is C12H14FNO2. The van der Waals surface area contributed by atoms with Crippen LogP contribution in [0, 0.1) is 5.82 Å². The monoisotopic (exact) mass is 223 g/mol. The summed E-state index contributed by atoms with van der Waals surface area (Å²) in [6.07, 6.45) is 1.67. The zero-order chi connectivity index (χ0) is 11.5. The molecule has 0 aromatic heterocycles. The summed E-state index contributed by atoms with van der Waals surface area (Å²) >= 11 is 0. The number of benzene rings is 1. The molecule has 1 aliphatic rings. The third kappa shape index (κ3) is 2.32. The number of carbonyl (C=O) groups is 1. The van der Waals surface area contributed by atoms with Gasteiger partial charge in [0.1, 0.15) is 5.82 Å². The third-order valence-electron chi connectivity index (χ3n) is 2.85. The number of aliphatic carboxylic acids is 1. The number of hydrogen-bond donors (Lipinski definition) is 1. The Morgan fingerprint density at radius 3 is 3.06 bits per heavy atom. The zero-order valence-electron chi connectivity index (χ0n) is 8.95. The largest absolute Gasteiger partial charge is 0.481 e. The standard InChI is InChI=1S/C12H14FNO2/c13-10-3-4-11-9(8-10)5-7-14(11)6-1-2-12(15)16/h3-4,8H,1-2,5-7H2,(H,15,16). The van der Waals surface area contributed by atoms with Gasteiger partial charge in [-0.3, -0.25) is 4.79 Å². The van der Waals surface area contributed by atoms with Crippen LogP contribution in [0.1, 0.15) is 18.4 Å². The summed E-state index contributed by atoms with van der Waals surface area (Å²) in [6.45, 7) is 1.59. The van der Waals surface area contributed by atoms with Gasteiger partial charge < -0.3 is 10.0 Å². The van der Waals surface area contributed by atoms with E-state index in [0.717, 1.165) is 30.8 Å². The molecule has 0 amide bonds. The van der Waals surface area contributed by atoms with Crippen molar-refractivity contribution in [2.45, 2.75) is 19.3 Å². The molecule has 2 rings (SSSR count). The minimum Gasteiger partial charge on any atom is -0.481 e. The fraction of sp³-hybridized carbons (Fsp3) is 0.417. The molecule has 1 heterocycles. The molecule has 0 saturated carbocycles. The molecule has 0 aliphatic carbocycles. The van der Waals surface area contributed by atoms with Gasteiger partial charge in [-0.1, -0.05) is 0 Å². The summed E-state index contributed by atoms with van der Waals surface area (Å²) in [5, 5.41) is 8.55. The summed E-state index contributed by atoms with van der Waals surface area (Å²) in [5.74, 6) is -0.968. The third-order valence-corrected chi connectivity index (χ3v) is 2.85. The van der Waals surface area contributed by atoms with Crippen molar-refractivity contribution in [1.82, 2.24) is 0 Å². The van der Waals surface area contributed by atoms with E-state index in [9.17, 15) is 9.18 Å². The van der Waals surface area contributed by atoms with E-state index >= 15 is 0 Å². The van der Waals surface area contributed by atoms with E-state index in [-0.39, 0.29) is 12.2 Å². The number of carboxylic acid groups (broad SMARTS) is 1. The van der Waals surface area contributed by atoms with Crippen LogP contribution in [0.15, 0.2) is 18.2 Å². The smallest absolute Gasteiger partial charge is 0.303 e. The molecule has 1 N–H and O–H groups in total. The maximum absolute atomic E-state index is 13.0. The van der Waals surface area contributed by atoms with Crippen LogP contribution in [0.5, 0.6) is 0 Å². The Balaban J connectivity index is 1.98. The molecule has 0 fully saturated rings. The quantitative estimate of drug-likeness (QED) is 0.849. The maximum Gasteiger partial charge on any atom is 0.303 e. The normalized spacial score (nSPS) is 13.9. The maximum atomic E-state index is 13.0. The Hall–Kier alpha value is -1.58. The zero-order valence-corrected chi connectivity index (χ0v) is 8.95. The predicted octanol–water partition coefficient (Wildman–Crippen LogP) is 2.05. The van der Waals surface area contributed by atoms with Gasteiger partial charge in [-0.05, 0) is 36.6 Å². The molecule has 0 atom stereocenters. The van der Waals surface area contributed by atoms with E-state index in [2.05, 4.69) is 4.90 Å². The summed E-state index contributed by atoms with van der Waals surface area (Å²) < 4.78 is 13.0. The van der Waals surface area contributed by atoms with Gasteiger partial charge in [0.2, 0.25) is 0 Å². The van der Waals surface area contributed by atoms with Crippen LogP contribution < -0.4 is 4.90 Å². The molecule has 4 heteroatoms. The fourth-order valence-corrected chi connectivity index (χ4v) is 2.09. The second kappa shape index (κ2) is 4.51. The van der Waals surface area contributed by atoms with Crippen LogP contribution in [-0.2, 0) is 11.2 Å².